The molecule has 0 aliphatic carbocycles. The molecule has 2 N–H and O–H groups in total. The number of halogens is 1. The average Bonchev–Trinajstić information content (AvgIpc) is 2.56. The summed E-state index contributed by atoms with van der Waals surface area (Å²) in [5.41, 5.74) is 4.11. The first-order valence-corrected chi connectivity index (χ1v) is 5.57. The highest BCUT2D eigenvalue weighted by atomic mass is 35.5. The molecule has 0 amide bonds. The van der Waals surface area contributed by atoms with Crippen molar-refractivity contribution >= 4 is 23.9 Å². The van der Waals surface area contributed by atoms with Gasteiger partial charge in [-0.3, -0.25) is 5.43 Å². The van der Waals surface area contributed by atoms with Gasteiger partial charge in [-0.2, -0.15) is 5.10 Å². The lowest BCUT2D eigenvalue weighted by Gasteiger charge is -2.05. The second kappa shape index (κ2) is 7.12. The van der Waals surface area contributed by atoms with Gasteiger partial charge in [-0.25, -0.2) is 0 Å². The first-order valence-electron chi connectivity index (χ1n) is 5.57. The van der Waals surface area contributed by atoms with Gasteiger partial charge in [0.2, 0.25) is 0 Å². The molecule has 88 valence electrons. The average molecular weight is 240 g/mol. The summed E-state index contributed by atoms with van der Waals surface area (Å²) >= 11 is 0. The third-order valence-corrected chi connectivity index (χ3v) is 2.51. The van der Waals surface area contributed by atoms with Crippen LogP contribution in [0.3, 0.4) is 0 Å². The molecular formula is C12H18ClN3. The summed E-state index contributed by atoms with van der Waals surface area (Å²) in [7, 11) is 0. The van der Waals surface area contributed by atoms with Gasteiger partial charge < -0.3 is 5.32 Å². The van der Waals surface area contributed by atoms with Gasteiger partial charge in [-0.1, -0.05) is 24.6 Å². The van der Waals surface area contributed by atoms with Crippen molar-refractivity contribution in [3.63, 3.8) is 0 Å². The lowest BCUT2D eigenvalue weighted by molar-refractivity contribution is 0.721. The Morgan fingerprint density at radius 3 is 2.69 bits per heavy atom. The van der Waals surface area contributed by atoms with Gasteiger partial charge in [0.1, 0.15) is 5.84 Å². The number of benzene rings is 1. The van der Waals surface area contributed by atoms with Crippen LogP contribution in [0.1, 0.15) is 25.7 Å². The van der Waals surface area contributed by atoms with Crippen molar-refractivity contribution in [2.24, 2.45) is 5.10 Å². The molecule has 0 saturated carbocycles. The largest absolute Gasteiger partial charge is 0.372 e. The van der Waals surface area contributed by atoms with Gasteiger partial charge in [-0.05, 0) is 25.0 Å². The van der Waals surface area contributed by atoms with Crippen molar-refractivity contribution in [1.29, 1.82) is 0 Å². The molecule has 1 fully saturated rings. The van der Waals surface area contributed by atoms with E-state index in [0.29, 0.717) is 0 Å². The Bertz CT molecular complexity index is 314. The molecular weight excluding hydrogens is 222 g/mol. The van der Waals surface area contributed by atoms with Crippen molar-refractivity contribution in [3.05, 3.63) is 30.3 Å². The molecule has 1 aromatic carbocycles. The van der Waals surface area contributed by atoms with Crippen molar-refractivity contribution in [2.45, 2.75) is 25.7 Å². The smallest absolute Gasteiger partial charge is 0.122 e. The van der Waals surface area contributed by atoms with Crippen LogP contribution in [-0.4, -0.2) is 12.4 Å². The zero-order valence-electron chi connectivity index (χ0n) is 9.28. The van der Waals surface area contributed by atoms with E-state index in [1.54, 1.807) is 0 Å². The maximum absolute atomic E-state index is 4.37. The van der Waals surface area contributed by atoms with Crippen LogP contribution in [0.2, 0.25) is 0 Å². The van der Waals surface area contributed by atoms with E-state index >= 15 is 0 Å². The predicted molar refractivity (Wildman–Crippen MR) is 71.2 cm³/mol. The number of hydrogen-bond acceptors (Lipinski definition) is 2. The van der Waals surface area contributed by atoms with E-state index in [-0.39, 0.29) is 12.4 Å². The molecule has 2 rings (SSSR count). The van der Waals surface area contributed by atoms with Gasteiger partial charge >= 0.3 is 0 Å². The third kappa shape index (κ3) is 4.11. The zero-order valence-corrected chi connectivity index (χ0v) is 10.1. The fraction of sp³-hybridized carbons (Fsp3) is 0.417. The normalized spacial score (nSPS) is 18.1. The minimum atomic E-state index is 0. The van der Waals surface area contributed by atoms with Gasteiger partial charge in [0.05, 0.1) is 5.69 Å². The minimum absolute atomic E-state index is 0. The molecule has 1 aliphatic rings. The van der Waals surface area contributed by atoms with E-state index in [9.17, 15) is 0 Å². The standard InChI is InChI=1S/C12H17N3.ClH/c1-3-7-11(8-4-1)14-15-12-9-5-2-6-10-13-12;/h1,3-4,7-8,14H,2,5-6,9-10H2,(H,13,15);1H. The van der Waals surface area contributed by atoms with E-state index in [1.807, 2.05) is 30.3 Å². The Kier molecular flexibility index (Phi) is 5.72. The zero-order chi connectivity index (χ0) is 10.3. The molecule has 1 heterocycles. The van der Waals surface area contributed by atoms with Gasteiger partial charge in [0.25, 0.3) is 0 Å². The highest BCUT2D eigenvalue weighted by molar-refractivity contribution is 5.85. The topological polar surface area (TPSA) is 36.4 Å². The third-order valence-electron chi connectivity index (χ3n) is 2.51. The molecule has 0 atom stereocenters. The summed E-state index contributed by atoms with van der Waals surface area (Å²) in [6.07, 6.45) is 4.85. The lowest BCUT2D eigenvalue weighted by atomic mass is 10.2. The van der Waals surface area contributed by atoms with Crippen LogP contribution < -0.4 is 10.7 Å². The van der Waals surface area contributed by atoms with Gasteiger partial charge in [0, 0.05) is 13.0 Å². The van der Waals surface area contributed by atoms with Crippen LogP contribution in [0.25, 0.3) is 0 Å². The number of nitrogens with zero attached hydrogens (tertiary/aromatic N) is 1. The summed E-state index contributed by atoms with van der Waals surface area (Å²) < 4.78 is 0. The van der Waals surface area contributed by atoms with Crippen molar-refractivity contribution < 1.29 is 0 Å². The van der Waals surface area contributed by atoms with Crippen LogP contribution in [0.5, 0.6) is 0 Å². The number of rotatable bonds is 2. The molecule has 1 aromatic rings. The van der Waals surface area contributed by atoms with E-state index < -0.39 is 0 Å². The number of hydrogen-bond donors (Lipinski definition) is 2. The first-order chi connectivity index (χ1) is 7.45. The summed E-state index contributed by atoms with van der Waals surface area (Å²) in [6, 6.07) is 10.0. The highest BCUT2D eigenvalue weighted by Gasteiger charge is 2.03. The Morgan fingerprint density at radius 1 is 1.06 bits per heavy atom. The van der Waals surface area contributed by atoms with Gasteiger partial charge in [0.15, 0.2) is 0 Å². The second-order valence-corrected chi connectivity index (χ2v) is 3.77. The second-order valence-electron chi connectivity index (χ2n) is 3.77. The summed E-state index contributed by atoms with van der Waals surface area (Å²) in [4.78, 5) is 0. The number of amidine groups is 1. The van der Waals surface area contributed by atoms with Crippen LogP contribution in [0.15, 0.2) is 35.4 Å². The molecule has 0 bridgehead atoms. The first kappa shape index (κ1) is 12.8. The van der Waals surface area contributed by atoms with Crippen molar-refractivity contribution in [2.75, 3.05) is 12.0 Å². The maximum Gasteiger partial charge on any atom is 0.122 e. The molecule has 0 unspecified atom stereocenters. The van der Waals surface area contributed by atoms with Gasteiger partial charge in [-0.15, -0.1) is 12.4 Å². The minimum Gasteiger partial charge on any atom is -0.372 e. The molecule has 1 aliphatic heterocycles. The summed E-state index contributed by atoms with van der Waals surface area (Å²) in [5, 5.41) is 7.71. The lowest BCUT2D eigenvalue weighted by Crippen LogP contribution is -2.23. The molecule has 0 radical (unpaired) electrons. The van der Waals surface area contributed by atoms with E-state index in [0.717, 1.165) is 24.5 Å². The van der Waals surface area contributed by atoms with Crippen LogP contribution >= 0.6 is 12.4 Å². The van der Waals surface area contributed by atoms with Crippen molar-refractivity contribution in [1.82, 2.24) is 5.32 Å². The molecule has 4 heteroatoms. The molecule has 3 nitrogen and oxygen atoms in total. The molecule has 0 aromatic heterocycles. The van der Waals surface area contributed by atoms with E-state index in [4.69, 9.17) is 0 Å². The quantitative estimate of drug-likeness (QED) is 0.779. The Balaban J connectivity index is 0.00000128. The summed E-state index contributed by atoms with van der Waals surface area (Å²) in [5.74, 6) is 1.08. The van der Waals surface area contributed by atoms with Crippen LogP contribution in [0, 0.1) is 0 Å². The fourth-order valence-electron chi connectivity index (χ4n) is 1.66. The molecule has 0 spiro atoms. The number of anilines is 1. The molecule has 1 saturated heterocycles. The Hall–Kier alpha value is -1.22. The maximum atomic E-state index is 4.37. The van der Waals surface area contributed by atoms with Crippen LogP contribution in [0.4, 0.5) is 5.69 Å². The van der Waals surface area contributed by atoms with E-state index in [1.165, 1.54) is 19.3 Å². The SMILES string of the molecule is Cl.c1ccc(NN=C2CCCCCN2)cc1. The van der Waals surface area contributed by atoms with Crippen LogP contribution in [-0.2, 0) is 0 Å². The monoisotopic (exact) mass is 239 g/mol. The Labute approximate surface area is 103 Å². The Morgan fingerprint density at radius 2 is 1.88 bits per heavy atom. The highest BCUT2D eigenvalue weighted by Crippen LogP contribution is 2.07. The van der Waals surface area contributed by atoms with E-state index in [2.05, 4.69) is 15.8 Å². The number of nitrogens with one attached hydrogen (secondary N) is 2. The van der Waals surface area contributed by atoms with Crippen molar-refractivity contribution in [3.8, 4) is 0 Å². The molecule has 16 heavy (non-hydrogen) atoms. The number of hydrazone groups is 1. The summed E-state index contributed by atoms with van der Waals surface area (Å²) in [6.45, 7) is 1.05. The fourth-order valence-corrected chi connectivity index (χ4v) is 1.66. The predicted octanol–water partition coefficient (Wildman–Crippen LogP) is 3.00. The number of para-hydroxylation sites is 1.